The number of anilines is 1. The molecule has 1 N–H and O–H groups in total. The predicted molar refractivity (Wildman–Crippen MR) is 89.1 cm³/mol. The van der Waals surface area contributed by atoms with Gasteiger partial charge in [0.05, 0.1) is 12.8 Å². The van der Waals surface area contributed by atoms with Crippen molar-refractivity contribution in [2.75, 3.05) is 25.2 Å². The Morgan fingerprint density at radius 2 is 1.96 bits per heavy atom. The van der Waals surface area contributed by atoms with Crippen molar-refractivity contribution in [2.45, 2.75) is 6.54 Å². The summed E-state index contributed by atoms with van der Waals surface area (Å²) in [5, 5.41) is 2.82. The highest BCUT2D eigenvalue weighted by atomic mass is 16.5. The first kappa shape index (κ1) is 15.9. The molecule has 0 saturated carbocycles. The van der Waals surface area contributed by atoms with Crippen molar-refractivity contribution in [1.29, 1.82) is 0 Å². The van der Waals surface area contributed by atoms with E-state index >= 15 is 0 Å². The maximum Gasteiger partial charge on any atom is 0.265 e. The summed E-state index contributed by atoms with van der Waals surface area (Å²) in [5.74, 6) is 0.921. The molecule has 6 heteroatoms. The summed E-state index contributed by atoms with van der Waals surface area (Å²) in [6.07, 6.45) is 0. The van der Waals surface area contributed by atoms with Gasteiger partial charge in [-0.25, -0.2) is 0 Å². The van der Waals surface area contributed by atoms with Gasteiger partial charge in [0.1, 0.15) is 18.0 Å². The van der Waals surface area contributed by atoms with E-state index in [4.69, 9.17) is 9.47 Å². The fourth-order valence-electron chi connectivity index (χ4n) is 2.47. The maximum absolute atomic E-state index is 12.2. The summed E-state index contributed by atoms with van der Waals surface area (Å²) in [4.78, 5) is 25.7. The minimum absolute atomic E-state index is 0.0324. The number of para-hydroxylation sites is 2. The molecule has 124 valence electrons. The van der Waals surface area contributed by atoms with Crippen LogP contribution in [0.3, 0.4) is 0 Å². The third kappa shape index (κ3) is 3.48. The largest absolute Gasteiger partial charge is 0.497 e. The number of fused-ring (bicyclic) bond motifs is 1. The van der Waals surface area contributed by atoms with Crippen LogP contribution < -0.4 is 19.7 Å². The molecule has 1 aliphatic rings. The van der Waals surface area contributed by atoms with Crippen molar-refractivity contribution in [1.82, 2.24) is 5.32 Å². The topological polar surface area (TPSA) is 67.9 Å². The van der Waals surface area contributed by atoms with Gasteiger partial charge < -0.3 is 14.8 Å². The first-order chi connectivity index (χ1) is 11.7. The molecule has 2 aromatic rings. The lowest BCUT2D eigenvalue weighted by molar-refractivity contribution is -0.125. The molecule has 0 radical (unpaired) electrons. The zero-order valence-electron chi connectivity index (χ0n) is 13.3. The standard InChI is InChI=1S/C18H18N2O4/c1-23-14-8-6-13(7-9-14)10-19-17(21)11-20-15-4-2-3-5-16(15)24-12-18(20)22/h2-9H,10-12H2,1H3,(H,19,21). The lowest BCUT2D eigenvalue weighted by Crippen LogP contribution is -2.45. The van der Waals surface area contributed by atoms with Crippen LogP contribution in [0.5, 0.6) is 11.5 Å². The number of nitrogens with zero attached hydrogens (tertiary/aromatic N) is 1. The van der Waals surface area contributed by atoms with Gasteiger partial charge in [0.25, 0.3) is 5.91 Å². The number of rotatable bonds is 5. The quantitative estimate of drug-likeness (QED) is 0.909. The smallest absolute Gasteiger partial charge is 0.265 e. The van der Waals surface area contributed by atoms with Gasteiger partial charge in [-0.1, -0.05) is 24.3 Å². The molecule has 6 nitrogen and oxygen atoms in total. The molecule has 0 atom stereocenters. The van der Waals surface area contributed by atoms with Crippen LogP contribution in [0.15, 0.2) is 48.5 Å². The van der Waals surface area contributed by atoms with E-state index in [2.05, 4.69) is 5.32 Å². The number of amides is 2. The number of carbonyl (C=O) groups excluding carboxylic acids is 2. The number of benzene rings is 2. The Bertz CT molecular complexity index is 743. The maximum atomic E-state index is 12.2. The number of hydrogen-bond acceptors (Lipinski definition) is 4. The molecule has 0 fully saturated rings. The monoisotopic (exact) mass is 326 g/mol. The number of methoxy groups -OCH3 is 1. The van der Waals surface area contributed by atoms with Crippen LogP contribution in [0.1, 0.15) is 5.56 Å². The highest BCUT2D eigenvalue weighted by Gasteiger charge is 2.26. The van der Waals surface area contributed by atoms with Crippen molar-refractivity contribution >= 4 is 17.5 Å². The zero-order valence-corrected chi connectivity index (χ0v) is 13.3. The average Bonchev–Trinajstić information content (AvgIpc) is 2.63. The summed E-state index contributed by atoms with van der Waals surface area (Å²) in [6.45, 7) is 0.307. The van der Waals surface area contributed by atoms with Gasteiger partial charge in [0.15, 0.2) is 6.61 Å². The van der Waals surface area contributed by atoms with Crippen LogP contribution in [0.4, 0.5) is 5.69 Å². The molecule has 1 aliphatic heterocycles. The Labute approximate surface area is 140 Å². The van der Waals surface area contributed by atoms with Crippen molar-refractivity contribution in [3.63, 3.8) is 0 Å². The second-order valence-electron chi connectivity index (χ2n) is 5.36. The highest BCUT2D eigenvalue weighted by Crippen LogP contribution is 2.31. The Balaban J connectivity index is 1.61. The number of ether oxygens (including phenoxy) is 2. The molecule has 0 spiro atoms. The summed E-state index contributed by atoms with van der Waals surface area (Å²) in [6, 6.07) is 14.6. The van der Waals surface area contributed by atoms with Crippen LogP contribution in [0.2, 0.25) is 0 Å². The lowest BCUT2D eigenvalue weighted by Gasteiger charge is -2.28. The summed E-state index contributed by atoms with van der Waals surface area (Å²) >= 11 is 0. The minimum atomic E-state index is -0.228. The van der Waals surface area contributed by atoms with Gasteiger partial charge in [0.2, 0.25) is 5.91 Å². The van der Waals surface area contributed by atoms with Crippen LogP contribution in [0, 0.1) is 0 Å². The van der Waals surface area contributed by atoms with Gasteiger partial charge in [-0.2, -0.15) is 0 Å². The molecule has 0 unspecified atom stereocenters. The Morgan fingerprint density at radius 1 is 1.21 bits per heavy atom. The molecule has 2 amide bonds. The van der Waals surface area contributed by atoms with Gasteiger partial charge in [-0.3, -0.25) is 14.5 Å². The lowest BCUT2D eigenvalue weighted by atomic mass is 10.2. The fourth-order valence-corrected chi connectivity index (χ4v) is 2.47. The molecule has 2 aromatic carbocycles. The van der Waals surface area contributed by atoms with Gasteiger partial charge in [-0.05, 0) is 29.8 Å². The highest BCUT2D eigenvalue weighted by molar-refractivity contribution is 6.02. The van der Waals surface area contributed by atoms with Crippen LogP contribution in [-0.4, -0.2) is 32.1 Å². The number of carbonyl (C=O) groups is 2. The summed E-state index contributed by atoms with van der Waals surface area (Å²) in [5.41, 5.74) is 1.58. The number of nitrogens with one attached hydrogen (secondary N) is 1. The first-order valence-corrected chi connectivity index (χ1v) is 7.59. The second kappa shape index (κ2) is 7.04. The van der Waals surface area contributed by atoms with Crippen molar-refractivity contribution in [3.8, 4) is 11.5 Å². The minimum Gasteiger partial charge on any atom is -0.497 e. The van der Waals surface area contributed by atoms with E-state index in [1.807, 2.05) is 36.4 Å². The third-order valence-corrected chi connectivity index (χ3v) is 3.76. The molecular weight excluding hydrogens is 308 g/mol. The SMILES string of the molecule is COc1ccc(CNC(=O)CN2C(=O)COc3ccccc32)cc1. The van der Waals surface area contributed by atoms with E-state index in [-0.39, 0.29) is 25.0 Å². The third-order valence-electron chi connectivity index (χ3n) is 3.76. The molecule has 24 heavy (non-hydrogen) atoms. The van der Waals surface area contributed by atoms with Crippen molar-refractivity contribution in [2.24, 2.45) is 0 Å². The predicted octanol–water partition coefficient (Wildman–Crippen LogP) is 1.74. The Morgan fingerprint density at radius 3 is 2.71 bits per heavy atom. The second-order valence-corrected chi connectivity index (χ2v) is 5.36. The Hall–Kier alpha value is -3.02. The number of hydrogen-bond donors (Lipinski definition) is 1. The van der Waals surface area contributed by atoms with Gasteiger partial charge >= 0.3 is 0 Å². The van der Waals surface area contributed by atoms with Crippen molar-refractivity contribution in [3.05, 3.63) is 54.1 Å². The molecule has 0 aliphatic carbocycles. The average molecular weight is 326 g/mol. The van der Waals surface area contributed by atoms with Crippen LogP contribution in [-0.2, 0) is 16.1 Å². The molecule has 1 heterocycles. The first-order valence-electron chi connectivity index (χ1n) is 7.59. The normalized spacial score (nSPS) is 13.0. The Kier molecular flexibility index (Phi) is 4.65. The fraction of sp³-hybridized carbons (Fsp3) is 0.222. The molecule has 0 aromatic heterocycles. The molecule has 0 bridgehead atoms. The van der Waals surface area contributed by atoms with E-state index in [1.54, 1.807) is 19.2 Å². The zero-order chi connectivity index (χ0) is 16.9. The van der Waals surface area contributed by atoms with E-state index in [9.17, 15) is 9.59 Å². The van der Waals surface area contributed by atoms with E-state index in [1.165, 1.54) is 4.90 Å². The molecule has 3 rings (SSSR count). The summed E-state index contributed by atoms with van der Waals surface area (Å²) in [7, 11) is 1.61. The van der Waals surface area contributed by atoms with Crippen molar-refractivity contribution < 1.29 is 19.1 Å². The molecule has 0 saturated heterocycles. The molecular formula is C18H18N2O4. The van der Waals surface area contributed by atoms with Gasteiger partial charge in [-0.15, -0.1) is 0 Å². The van der Waals surface area contributed by atoms with Crippen LogP contribution in [0.25, 0.3) is 0 Å². The van der Waals surface area contributed by atoms with Crippen LogP contribution >= 0.6 is 0 Å². The van der Waals surface area contributed by atoms with E-state index in [0.29, 0.717) is 18.0 Å². The summed E-state index contributed by atoms with van der Waals surface area (Å²) < 4.78 is 10.5. The van der Waals surface area contributed by atoms with Gasteiger partial charge in [0, 0.05) is 6.54 Å². The van der Waals surface area contributed by atoms with E-state index < -0.39 is 0 Å². The van der Waals surface area contributed by atoms with E-state index in [0.717, 1.165) is 11.3 Å².